The van der Waals surface area contributed by atoms with Crippen molar-refractivity contribution in [3.8, 4) is 0 Å². The van der Waals surface area contributed by atoms with Crippen molar-refractivity contribution in [3.05, 3.63) is 17.5 Å². The predicted molar refractivity (Wildman–Crippen MR) is 73.1 cm³/mol. The van der Waals surface area contributed by atoms with Gasteiger partial charge in [0.25, 0.3) is 0 Å². The molecule has 4 nitrogen and oxygen atoms in total. The van der Waals surface area contributed by atoms with E-state index >= 15 is 0 Å². The molecule has 0 amide bonds. The van der Waals surface area contributed by atoms with Crippen molar-refractivity contribution in [2.75, 3.05) is 19.8 Å². The van der Waals surface area contributed by atoms with Gasteiger partial charge in [-0.2, -0.15) is 5.10 Å². The van der Waals surface area contributed by atoms with Crippen LogP contribution >= 0.6 is 12.4 Å². The van der Waals surface area contributed by atoms with Gasteiger partial charge in [-0.1, -0.05) is 0 Å². The third-order valence-corrected chi connectivity index (χ3v) is 3.66. The summed E-state index contributed by atoms with van der Waals surface area (Å²) in [5.41, 5.74) is 2.62. The van der Waals surface area contributed by atoms with E-state index in [2.05, 4.69) is 21.3 Å². The molecule has 1 unspecified atom stereocenters. The molecular formula is C13H22ClN3O. The van der Waals surface area contributed by atoms with Gasteiger partial charge in [0.05, 0.1) is 12.3 Å². The first kappa shape index (κ1) is 13.8. The zero-order chi connectivity index (χ0) is 11.7. The average molecular weight is 272 g/mol. The maximum absolute atomic E-state index is 5.56. The second kappa shape index (κ2) is 6.04. The maximum Gasteiger partial charge on any atom is 0.0798 e. The molecule has 1 aliphatic heterocycles. The van der Waals surface area contributed by atoms with E-state index in [1.807, 2.05) is 6.92 Å². The van der Waals surface area contributed by atoms with E-state index in [-0.39, 0.29) is 12.4 Å². The topological polar surface area (TPSA) is 39.1 Å². The fraction of sp³-hybridized carbons (Fsp3) is 0.769. The van der Waals surface area contributed by atoms with Crippen LogP contribution < -0.4 is 5.32 Å². The van der Waals surface area contributed by atoms with Crippen LogP contribution in [0.3, 0.4) is 0 Å². The molecule has 1 saturated carbocycles. The largest absolute Gasteiger partial charge is 0.381 e. The van der Waals surface area contributed by atoms with Crippen molar-refractivity contribution in [2.45, 2.75) is 38.8 Å². The molecule has 0 radical (unpaired) electrons. The SMILES string of the molecule is CCOCC1CNCc2nn(CC3CC3)cc21.Cl. The summed E-state index contributed by atoms with van der Waals surface area (Å²) in [7, 11) is 0. The number of fused-ring (bicyclic) bond motifs is 1. The van der Waals surface area contributed by atoms with Crippen LogP contribution in [-0.4, -0.2) is 29.5 Å². The monoisotopic (exact) mass is 271 g/mol. The third kappa shape index (κ3) is 3.05. The molecule has 2 heterocycles. The summed E-state index contributed by atoms with van der Waals surface area (Å²) < 4.78 is 7.70. The summed E-state index contributed by atoms with van der Waals surface area (Å²) in [6.07, 6.45) is 5.01. The molecule has 1 aromatic heterocycles. The van der Waals surface area contributed by atoms with Gasteiger partial charge < -0.3 is 10.1 Å². The minimum absolute atomic E-state index is 0. The second-order valence-electron chi connectivity index (χ2n) is 5.18. The first-order valence-electron chi connectivity index (χ1n) is 6.71. The number of rotatable bonds is 5. The molecule has 2 aliphatic rings. The van der Waals surface area contributed by atoms with Gasteiger partial charge in [0, 0.05) is 43.9 Å². The van der Waals surface area contributed by atoms with E-state index < -0.39 is 0 Å². The molecule has 1 aliphatic carbocycles. The fourth-order valence-electron chi connectivity index (χ4n) is 2.50. The lowest BCUT2D eigenvalue weighted by Crippen LogP contribution is -2.30. The Hall–Kier alpha value is -0.580. The highest BCUT2D eigenvalue weighted by Crippen LogP contribution is 2.31. The normalized spacial score (nSPS) is 22.4. The third-order valence-electron chi connectivity index (χ3n) is 3.66. The number of hydrogen-bond donors (Lipinski definition) is 1. The molecule has 1 fully saturated rings. The van der Waals surface area contributed by atoms with E-state index in [0.717, 1.165) is 38.8 Å². The van der Waals surface area contributed by atoms with Gasteiger partial charge in [-0.3, -0.25) is 4.68 Å². The number of ether oxygens (including phenoxy) is 1. The van der Waals surface area contributed by atoms with Crippen LogP contribution in [0, 0.1) is 5.92 Å². The van der Waals surface area contributed by atoms with E-state index in [1.165, 1.54) is 24.1 Å². The molecule has 5 heteroatoms. The van der Waals surface area contributed by atoms with E-state index in [1.54, 1.807) is 0 Å². The lowest BCUT2D eigenvalue weighted by Gasteiger charge is -2.21. The summed E-state index contributed by atoms with van der Waals surface area (Å²) in [6, 6.07) is 0. The lowest BCUT2D eigenvalue weighted by molar-refractivity contribution is 0.129. The first-order valence-corrected chi connectivity index (χ1v) is 6.71. The highest BCUT2D eigenvalue weighted by atomic mass is 35.5. The smallest absolute Gasteiger partial charge is 0.0798 e. The highest BCUT2D eigenvalue weighted by Gasteiger charge is 2.26. The van der Waals surface area contributed by atoms with E-state index in [9.17, 15) is 0 Å². The Kier molecular flexibility index (Phi) is 4.65. The number of aromatic nitrogens is 2. The Morgan fingerprint density at radius 3 is 3.06 bits per heavy atom. The summed E-state index contributed by atoms with van der Waals surface area (Å²) in [4.78, 5) is 0. The Bertz CT molecular complexity index is 390. The van der Waals surface area contributed by atoms with Gasteiger partial charge in [0.1, 0.15) is 0 Å². The van der Waals surface area contributed by atoms with Gasteiger partial charge in [0.15, 0.2) is 0 Å². The molecule has 0 aromatic carbocycles. The van der Waals surface area contributed by atoms with Gasteiger partial charge in [-0.05, 0) is 25.7 Å². The van der Waals surface area contributed by atoms with Crippen molar-refractivity contribution in [3.63, 3.8) is 0 Å². The summed E-state index contributed by atoms with van der Waals surface area (Å²) in [6.45, 7) is 6.69. The molecule has 0 bridgehead atoms. The quantitative estimate of drug-likeness (QED) is 0.890. The van der Waals surface area contributed by atoms with Crippen molar-refractivity contribution in [1.82, 2.24) is 15.1 Å². The van der Waals surface area contributed by atoms with Crippen molar-refractivity contribution < 1.29 is 4.74 Å². The molecule has 3 rings (SSSR count). The zero-order valence-corrected chi connectivity index (χ0v) is 11.7. The molecule has 102 valence electrons. The number of nitrogens with one attached hydrogen (secondary N) is 1. The summed E-state index contributed by atoms with van der Waals surface area (Å²) in [5, 5.41) is 8.11. The maximum atomic E-state index is 5.56. The minimum Gasteiger partial charge on any atom is -0.381 e. The highest BCUT2D eigenvalue weighted by molar-refractivity contribution is 5.85. The van der Waals surface area contributed by atoms with Gasteiger partial charge in [-0.25, -0.2) is 0 Å². The van der Waals surface area contributed by atoms with Crippen LogP contribution in [-0.2, 0) is 17.8 Å². The van der Waals surface area contributed by atoms with Crippen LogP contribution in [0.4, 0.5) is 0 Å². The minimum atomic E-state index is 0. The molecule has 1 atom stereocenters. The van der Waals surface area contributed by atoms with Crippen LogP contribution in [0.2, 0.25) is 0 Å². The van der Waals surface area contributed by atoms with Crippen molar-refractivity contribution >= 4 is 12.4 Å². The Labute approximate surface area is 114 Å². The first-order chi connectivity index (χ1) is 8.36. The Morgan fingerprint density at radius 2 is 2.33 bits per heavy atom. The van der Waals surface area contributed by atoms with Crippen LogP contribution in [0.1, 0.15) is 36.9 Å². The van der Waals surface area contributed by atoms with Crippen LogP contribution in [0.25, 0.3) is 0 Å². The lowest BCUT2D eigenvalue weighted by atomic mass is 9.97. The van der Waals surface area contributed by atoms with E-state index in [4.69, 9.17) is 4.74 Å². The fourth-order valence-corrected chi connectivity index (χ4v) is 2.50. The molecular weight excluding hydrogens is 250 g/mol. The molecule has 1 aromatic rings. The van der Waals surface area contributed by atoms with Gasteiger partial charge in [0.2, 0.25) is 0 Å². The van der Waals surface area contributed by atoms with E-state index in [0.29, 0.717) is 5.92 Å². The zero-order valence-electron chi connectivity index (χ0n) is 10.9. The summed E-state index contributed by atoms with van der Waals surface area (Å²) >= 11 is 0. The summed E-state index contributed by atoms with van der Waals surface area (Å²) in [5.74, 6) is 1.36. The predicted octanol–water partition coefficient (Wildman–Crippen LogP) is 1.94. The molecule has 1 N–H and O–H groups in total. The number of halogens is 1. The Balaban J connectivity index is 0.00000120. The van der Waals surface area contributed by atoms with Crippen LogP contribution in [0.15, 0.2) is 6.20 Å². The second-order valence-corrected chi connectivity index (χ2v) is 5.18. The van der Waals surface area contributed by atoms with Crippen molar-refractivity contribution in [1.29, 1.82) is 0 Å². The number of hydrogen-bond acceptors (Lipinski definition) is 3. The molecule has 0 saturated heterocycles. The molecule has 18 heavy (non-hydrogen) atoms. The van der Waals surface area contributed by atoms with Crippen LogP contribution in [0.5, 0.6) is 0 Å². The molecule has 0 spiro atoms. The standard InChI is InChI=1S/C13H21N3O.ClH/c1-2-17-9-11-5-14-6-13-12(11)8-16(15-13)7-10-3-4-10;/h8,10-11,14H,2-7,9H2,1H3;1H. The van der Waals surface area contributed by atoms with Gasteiger partial charge in [-0.15, -0.1) is 12.4 Å². The Morgan fingerprint density at radius 1 is 1.50 bits per heavy atom. The van der Waals surface area contributed by atoms with Gasteiger partial charge >= 0.3 is 0 Å². The van der Waals surface area contributed by atoms with Crippen molar-refractivity contribution in [2.24, 2.45) is 5.92 Å². The number of nitrogens with zero attached hydrogens (tertiary/aromatic N) is 2. The average Bonchev–Trinajstić information content (AvgIpc) is 3.04.